The van der Waals surface area contributed by atoms with Gasteiger partial charge in [-0.15, -0.1) is 0 Å². The van der Waals surface area contributed by atoms with Gasteiger partial charge in [0.25, 0.3) is 0 Å². The molecule has 1 saturated carbocycles. The van der Waals surface area contributed by atoms with Gasteiger partial charge < -0.3 is 9.80 Å². The van der Waals surface area contributed by atoms with Gasteiger partial charge >= 0.3 is 0 Å². The molecule has 2 atom stereocenters. The lowest BCUT2D eigenvalue weighted by Crippen LogP contribution is -2.45. The van der Waals surface area contributed by atoms with Crippen molar-refractivity contribution in [3.63, 3.8) is 0 Å². The van der Waals surface area contributed by atoms with Crippen LogP contribution in [0.3, 0.4) is 0 Å². The number of nitrogens with zero attached hydrogens (tertiary/aromatic N) is 2. The first-order valence-corrected chi connectivity index (χ1v) is 7.45. The molecule has 18 heavy (non-hydrogen) atoms. The van der Waals surface area contributed by atoms with Crippen molar-refractivity contribution in [2.24, 2.45) is 0 Å². The van der Waals surface area contributed by atoms with E-state index in [0.717, 1.165) is 32.2 Å². The highest BCUT2D eigenvalue weighted by molar-refractivity contribution is 5.91. The van der Waals surface area contributed by atoms with Crippen LogP contribution in [-0.4, -0.2) is 53.6 Å². The van der Waals surface area contributed by atoms with Crippen molar-refractivity contribution in [2.75, 3.05) is 20.1 Å². The van der Waals surface area contributed by atoms with Crippen LogP contribution in [0.15, 0.2) is 0 Å². The van der Waals surface area contributed by atoms with Gasteiger partial charge in [-0.3, -0.25) is 10.1 Å². The third-order valence-corrected chi connectivity index (χ3v) is 4.88. The smallest absolute Gasteiger partial charge is 0.244 e. The number of rotatable bonds is 4. The molecule has 1 aliphatic carbocycles. The summed E-state index contributed by atoms with van der Waals surface area (Å²) in [4.78, 5) is 17.1. The van der Waals surface area contributed by atoms with Gasteiger partial charge in [-0.1, -0.05) is 13.3 Å². The summed E-state index contributed by atoms with van der Waals surface area (Å²) in [6.07, 6.45) is 7.12. The number of hydrogen-bond donors (Lipinski definition) is 1. The molecule has 0 bridgehead atoms. The lowest BCUT2D eigenvalue weighted by molar-refractivity contribution is -0.131. The van der Waals surface area contributed by atoms with Gasteiger partial charge in [0, 0.05) is 12.6 Å². The Morgan fingerprint density at radius 3 is 2.78 bits per heavy atom. The van der Waals surface area contributed by atoms with E-state index in [-0.39, 0.29) is 5.54 Å². The first kappa shape index (κ1) is 12.4. The zero-order valence-electron chi connectivity index (χ0n) is 11.6. The molecule has 2 saturated heterocycles. The van der Waals surface area contributed by atoms with Crippen molar-refractivity contribution < 1.29 is 4.79 Å². The van der Waals surface area contributed by atoms with Crippen LogP contribution < -0.4 is 5.32 Å². The molecule has 0 radical (unpaired) electrons. The molecule has 102 valence electrons. The lowest BCUT2D eigenvalue weighted by atomic mass is 10.2. The fourth-order valence-electron chi connectivity index (χ4n) is 3.51. The van der Waals surface area contributed by atoms with Gasteiger partial charge in [-0.05, 0) is 45.7 Å². The molecule has 0 aromatic carbocycles. The Labute approximate surface area is 110 Å². The summed E-state index contributed by atoms with van der Waals surface area (Å²) in [5, 5.41) is 3.59. The minimum Gasteiger partial charge on any atom is -0.324 e. The normalized spacial score (nSPS) is 34.8. The van der Waals surface area contributed by atoms with Crippen molar-refractivity contribution in [2.45, 2.75) is 63.2 Å². The minimum atomic E-state index is -0.142. The highest BCUT2D eigenvalue weighted by Crippen LogP contribution is 2.43. The Kier molecular flexibility index (Phi) is 3.10. The molecule has 4 nitrogen and oxygen atoms in total. The van der Waals surface area contributed by atoms with E-state index in [0.29, 0.717) is 18.1 Å². The predicted molar refractivity (Wildman–Crippen MR) is 71.2 cm³/mol. The molecule has 2 aliphatic heterocycles. The first-order chi connectivity index (χ1) is 8.66. The molecule has 3 aliphatic rings. The Morgan fingerprint density at radius 2 is 2.22 bits per heavy atom. The molecule has 0 aromatic rings. The SMILES string of the molecule is CCCC1NC2(CC2)C(=O)N1CC1CCCN1C. The highest BCUT2D eigenvalue weighted by Gasteiger charge is 2.58. The standard InChI is InChI=1S/C14H25N3O/c1-3-5-12-15-14(7-8-14)13(18)17(12)10-11-6-4-9-16(11)2/h11-12,15H,3-10H2,1-2H3. The van der Waals surface area contributed by atoms with Gasteiger partial charge in [0.05, 0.1) is 11.7 Å². The van der Waals surface area contributed by atoms with Crippen molar-refractivity contribution in [1.82, 2.24) is 15.1 Å². The molecule has 3 fully saturated rings. The van der Waals surface area contributed by atoms with Crippen molar-refractivity contribution in [3.8, 4) is 0 Å². The quantitative estimate of drug-likeness (QED) is 0.815. The highest BCUT2D eigenvalue weighted by atomic mass is 16.2. The summed E-state index contributed by atoms with van der Waals surface area (Å²) < 4.78 is 0. The van der Waals surface area contributed by atoms with Gasteiger partial charge in [0.15, 0.2) is 0 Å². The second kappa shape index (κ2) is 4.49. The van der Waals surface area contributed by atoms with Gasteiger partial charge in [-0.25, -0.2) is 0 Å². The van der Waals surface area contributed by atoms with Gasteiger partial charge in [0.1, 0.15) is 0 Å². The molecule has 0 aromatic heterocycles. The van der Waals surface area contributed by atoms with Crippen LogP contribution in [0.2, 0.25) is 0 Å². The average Bonchev–Trinajstić information content (AvgIpc) is 2.95. The summed E-state index contributed by atoms with van der Waals surface area (Å²) >= 11 is 0. The second-order valence-corrected chi connectivity index (χ2v) is 6.27. The van der Waals surface area contributed by atoms with Crippen LogP contribution in [0, 0.1) is 0 Å². The topological polar surface area (TPSA) is 35.6 Å². The van der Waals surface area contributed by atoms with E-state index >= 15 is 0 Å². The number of likely N-dealkylation sites (N-methyl/N-ethyl adjacent to an activating group) is 1. The van der Waals surface area contributed by atoms with E-state index in [1.807, 2.05) is 0 Å². The van der Waals surface area contributed by atoms with E-state index in [2.05, 4.69) is 29.1 Å². The van der Waals surface area contributed by atoms with Crippen LogP contribution in [0.4, 0.5) is 0 Å². The lowest BCUT2D eigenvalue weighted by Gasteiger charge is -2.29. The van der Waals surface area contributed by atoms with E-state index in [1.165, 1.54) is 19.4 Å². The Hall–Kier alpha value is -0.610. The fourth-order valence-corrected chi connectivity index (χ4v) is 3.51. The molecule has 1 spiro atoms. The third-order valence-electron chi connectivity index (χ3n) is 4.88. The number of nitrogens with one attached hydrogen (secondary N) is 1. The van der Waals surface area contributed by atoms with Crippen molar-refractivity contribution >= 4 is 5.91 Å². The summed E-state index contributed by atoms with van der Waals surface area (Å²) in [7, 11) is 2.19. The Morgan fingerprint density at radius 1 is 1.44 bits per heavy atom. The van der Waals surface area contributed by atoms with Crippen molar-refractivity contribution in [3.05, 3.63) is 0 Å². The molecular weight excluding hydrogens is 226 g/mol. The maximum atomic E-state index is 12.5. The number of carbonyl (C=O) groups excluding carboxylic acids is 1. The van der Waals surface area contributed by atoms with Crippen LogP contribution in [0.5, 0.6) is 0 Å². The summed E-state index contributed by atoms with van der Waals surface area (Å²) in [5.74, 6) is 0.376. The van der Waals surface area contributed by atoms with Crippen LogP contribution in [0.25, 0.3) is 0 Å². The van der Waals surface area contributed by atoms with E-state index in [1.54, 1.807) is 0 Å². The molecule has 4 heteroatoms. The minimum absolute atomic E-state index is 0.142. The third kappa shape index (κ3) is 1.95. The van der Waals surface area contributed by atoms with Crippen LogP contribution in [0.1, 0.15) is 45.4 Å². The zero-order chi connectivity index (χ0) is 12.8. The van der Waals surface area contributed by atoms with Gasteiger partial charge in [-0.2, -0.15) is 0 Å². The monoisotopic (exact) mass is 251 g/mol. The predicted octanol–water partition coefficient (Wildman–Crippen LogP) is 1.17. The molecular formula is C14H25N3O. The number of carbonyl (C=O) groups is 1. The van der Waals surface area contributed by atoms with E-state index in [9.17, 15) is 4.79 Å². The number of likely N-dealkylation sites (tertiary alicyclic amines) is 1. The Bertz CT molecular complexity index is 340. The molecule has 2 unspecified atom stereocenters. The summed E-state index contributed by atoms with van der Waals surface area (Å²) in [6.45, 7) is 4.31. The van der Waals surface area contributed by atoms with E-state index < -0.39 is 0 Å². The average molecular weight is 251 g/mol. The number of hydrogen-bond acceptors (Lipinski definition) is 3. The second-order valence-electron chi connectivity index (χ2n) is 6.27. The van der Waals surface area contributed by atoms with E-state index in [4.69, 9.17) is 0 Å². The fraction of sp³-hybridized carbons (Fsp3) is 0.929. The number of amides is 1. The maximum Gasteiger partial charge on any atom is 0.244 e. The molecule has 2 heterocycles. The maximum absolute atomic E-state index is 12.5. The molecule has 3 rings (SSSR count). The largest absolute Gasteiger partial charge is 0.324 e. The summed E-state index contributed by atoms with van der Waals surface area (Å²) in [5.41, 5.74) is -0.142. The van der Waals surface area contributed by atoms with Crippen LogP contribution in [-0.2, 0) is 4.79 Å². The van der Waals surface area contributed by atoms with Gasteiger partial charge in [0.2, 0.25) is 5.91 Å². The first-order valence-electron chi connectivity index (χ1n) is 7.45. The van der Waals surface area contributed by atoms with Crippen molar-refractivity contribution in [1.29, 1.82) is 0 Å². The van der Waals surface area contributed by atoms with Crippen LogP contribution >= 0.6 is 0 Å². The summed E-state index contributed by atoms with van der Waals surface area (Å²) in [6, 6.07) is 0.573. The molecule has 1 N–H and O–H groups in total. The molecule has 1 amide bonds. The zero-order valence-corrected chi connectivity index (χ0v) is 11.6. The Balaban J connectivity index is 1.69.